The van der Waals surface area contributed by atoms with Crippen LogP contribution in [-0.2, 0) is 17.6 Å². The highest BCUT2D eigenvalue weighted by atomic mass is 16.3. The quantitative estimate of drug-likeness (QED) is 0.758. The summed E-state index contributed by atoms with van der Waals surface area (Å²) in [5, 5.41) is 16.8. The number of aryl methyl sites for hydroxylation is 1. The molecule has 0 radical (unpaired) electrons. The molecule has 3 rings (SSSR count). The number of carbonyl (C=O) groups excluding carboxylic acids is 1. The Morgan fingerprint density at radius 2 is 1.92 bits per heavy atom. The standard InChI is InChI=1S/C21H26N2O2/c1-3-15-8-5-7-11-18(15)23-20(25)12-14(2)22-21-17-10-6-4-9-16(17)13-19(21)24/h4-11,14,19,21-22,24H,3,12-13H2,1-2H3,(H,23,25)/t14?,19-,21+/m0/s1. The molecule has 25 heavy (non-hydrogen) atoms. The molecule has 1 amide bonds. The first-order chi connectivity index (χ1) is 12.1. The zero-order chi connectivity index (χ0) is 17.8. The van der Waals surface area contributed by atoms with Gasteiger partial charge in [-0.1, -0.05) is 49.4 Å². The van der Waals surface area contributed by atoms with E-state index in [1.807, 2.05) is 49.4 Å². The number of hydrogen-bond donors (Lipinski definition) is 3. The number of benzene rings is 2. The maximum absolute atomic E-state index is 12.4. The van der Waals surface area contributed by atoms with Gasteiger partial charge in [-0.15, -0.1) is 0 Å². The van der Waals surface area contributed by atoms with Crippen molar-refractivity contribution in [1.29, 1.82) is 0 Å². The Kier molecular flexibility index (Phi) is 5.51. The highest BCUT2D eigenvalue weighted by molar-refractivity contribution is 5.91. The number of rotatable bonds is 6. The number of anilines is 1. The third kappa shape index (κ3) is 4.09. The van der Waals surface area contributed by atoms with Crippen LogP contribution >= 0.6 is 0 Å². The number of hydrogen-bond acceptors (Lipinski definition) is 3. The van der Waals surface area contributed by atoms with E-state index < -0.39 is 6.10 Å². The van der Waals surface area contributed by atoms with Crippen LogP contribution in [0.2, 0.25) is 0 Å². The van der Waals surface area contributed by atoms with Crippen molar-refractivity contribution in [3.63, 3.8) is 0 Å². The molecule has 0 heterocycles. The van der Waals surface area contributed by atoms with Crippen molar-refractivity contribution in [2.24, 2.45) is 0 Å². The fraction of sp³-hybridized carbons (Fsp3) is 0.381. The first kappa shape index (κ1) is 17.6. The maximum atomic E-state index is 12.4. The number of para-hydroxylation sites is 1. The highest BCUT2D eigenvalue weighted by Gasteiger charge is 2.31. The van der Waals surface area contributed by atoms with Gasteiger partial charge in [0.05, 0.1) is 12.1 Å². The molecule has 0 saturated heterocycles. The van der Waals surface area contributed by atoms with E-state index in [9.17, 15) is 9.90 Å². The van der Waals surface area contributed by atoms with E-state index in [1.54, 1.807) is 0 Å². The molecule has 0 aromatic heterocycles. The van der Waals surface area contributed by atoms with E-state index in [0.717, 1.165) is 23.2 Å². The van der Waals surface area contributed by atoms with Crippen molar-refractivity contribution in [2.45, 2.75) is 51.3 Å². The average molecular weight is 338 g/mol. The number of amides is 1. The predicted octanol–water partition coefficient (Wildman–Crippen LogP) is 3.21. The molecular formula is C21H26N2O2. The molecule has 1 aliphatic carbocycles. The third-order valence-electron chi connectivity index (χ3n) is 4.83. The van der Waals surface area contributed by atoms with E-state index >= 15 is 0 Å². The molecule has 4 nitrogen and oxygen atoms in total. The number of aliphatic hydroxyl groups excluding tert-OH is 1. The Morgan fingerprint density at radius 3 is 2.72 bits per heavy atom. The molecule has 3 atom stereocenters. The SMILES string of the molecule is CCc1ccccc1NC(=O)CC(C)N[C@@H]1c2ccccc2C[C@@H]1O. The van der Waals surface area contributed by atoms with Crippen molar-refractivity contribution in [1.82, 2.24) is 5.32 Å². The fourth-order valence-corrected chi connectivity index (χ4v) is 3.57. The van der Waals surface area contributed by atoms with Crippen molar-refractivity contribution in [3.8, 4) is 0 Å². The largest absolute Gasteiger partial charge is 0.391 e. The molecule has 0 aliphatic heterocycles. The fourth-order valence-electron chi connectivity index (χ4n) is 3.57. The van der Waals surface area contributed by atoms with Gasteiger partial charge in [0.2, 0.25) is 5.91 Å². The molecule has 1 aliphatic rings. The van der Waals surface area contributed by atoms with E-state index in [4.69, 9.17) is 0 Å². The summed E-state index contributed by atoms with van der Waals surface area (Å²) >= 11 is 0. The Hall–Kier alpha value is -2.17. The lowest BCUT2D eigenvalue weighted by Crippen LogP contribution is -2.37. The molecule has 0 saturated carbocycles. The lowest BCUT2D eigenvalue weighted by atomic mass is 10.1. The van der Waals surface area contributed by atoms with Crippen molar-refractivity contribution < 1.29 is 9.90 Å². The maximum Gasteiger partial charge on any atom is 0.225 e. The smallest absolute Gasteiger partial charge is 0.225 e. The van der Waals surface area contributed by atoms with E-state index in [2.05, 4.69) is 23.6 Å². The van der Waals surface area contributed by atoms with Crippen molar-refractivity contribution >= 4 is 11.6 Å². The normalized spacial score (nSPS) is 20.1. The van der Waals surface area contributed by atoms with Gasteiger partial charge in [0.1, 0.15) is 0 Å². The van der Waals surface area contributed by atoms with Crippen molar-refractivity contribution in [2.75, 3.05) is 5.32 Å². The molecule has 2 aromatic rings. The van der Waals surface area contributed by atoms with Crippen LogP contribution in [0.1, 0.15) is 43.0 Å². The molecule has 0 bridgehead atoms. The van der Waals surface area contributed by atoms with Crippen LogP contribution < -0.4 is 10.6 Å². The van der Waals surface area contributed by atoms with Crippen LogP contribution in [-0.4, -0.2) is 23.2 Å². The summed E-state index contributed by atoms with van der Waals surface area (Å²) in [6, 6.07) is 15.8. The summed E-state index contributed by atoms with van der Waals surface area (Å²) in [7, 11) is 0. The molecular weight excluding hydrogens is 312 g/mol. The summed E-state index contributed by atoms with van der Waals surface area (Å²) in [4.78, 5) is 12.4. The monoisotopic (exact) mass is 338 g/mol. The van der Waals surface area contributed by atoms with Crippen LogP contribution in [0.3, 0.4) is 0 Å². The molecule has 132 valence electrons. The third-order valence-corrected chi connectivity index (χ3v) is 4.83. The highest BCUT2D eigenvalue weighted by Crippen LogP contribution is 2.31. The number of aliphatic hydroxyl groups is 1. The Labute approximate surface area is 149 Å². The summed E-state index contributed by atoms with van der Waals surface area (Å²) < 4.78 is 0. The van der Waals surface area contributed by atoms with Gasteiger partial charge in [0.15, 0.2) is 0 Å². The van der Waals surface area contributed by atoms with Crippen LogP contribution in [0.5, 0.6) is 0 Å². The molecule has 2 aromatic carbocycles. The number of nitrogens with one attached hydrogen (secondary N) is 2. The van der Waals surface area contributed by atoms with Gasteiger partial charge < -0.3 is 15.7 Å². The van der Waals surface area contributed by atoms with Crippen molar-refractivity contribution in [3.05, 3.63) is 65.2 Å². The molecule has 1 unspecified atom stereocenters. The second kappa shape index (κ2) is 7.81. The van der Waals surface area contributed by atoms with Gasteiger partial charge in [0, 0.05) is 24.6 Å². The summed E-state index contributed by atoms with van der Waals surface area (Å²) in [5.41, 5.74) is 4.34. The topological polar surface area (TPSA) is 61.4 Å². The minimum atomic E-state index is -0.441. The molecule has 4 heteroatoms. The number of fused-ring (bicyclic) bond motifs is 1. The summed E-state index contributed by atoms with van der Waals surface area (Å²) in [5.74, 6) is -0.0123. The minimum Gasteiger partial charge on any atom is -0.391 e. The average Bonchev–Trinajstić information content (AvgIpc) is 2.91. The Morgan fingerprint density at radius 1 is 1.20 bits per heavy atom. The van der Waals surface area contributed by atoms with E-state index in [0.29, 0.717) is 12.8 Å². The molecule has 3 N–H and O–H groups in total. The van der Waals surface area contributed by atoms with Gasteiger partial charge in [-0.05, 0) is 36.1 Å². The van der Waals surface area contributed by atoms with Crippen LogP contribution in [0, 0.1) is 0 Å². The molecule has 0 fully saturated rings. The summed E-state index contributed by atoms with van der Waals surface area (Å²) in [6.07, 6.45) is 1.47. The summed E-state index contributed by atoms with van der Waals surface area (Å²) in [6.45, 7) is 4.06. The van der Waals surface area contributed by atoms with Crippen LogP contribution in [0.4, 0.5) is 5.69 Å². The first-order valence-corrected chi connectivity index (χ1v) is 8.98. The molecule has 0 spiro atoms. The predicted molar refractivity (Wildman–Crippen MR) is 101 cm³/mol. The lowest BCUT2D eigenvalue weighted by molar-refractivity contribution is -0.116. The van der Waals surface area contributed by atoms with Gasteiger partial charge in [-0.2, -0.15) is 0 Å². The zero-order valence-corrected chi connectivity index (χ0v) is 14.8. The lowest BCUT2D eigenvalue weighted by Gasteiger charge is -2.23. The van der Waals surface area contributed by atoms with Crippen LogP contribution in [0.25, 0.3) is 0 Å². The Balaban J connectivity index is 1.59. The van der Waals surface area contributed by atoms with Crippen LogP contribution in [0.15, 0.2) is 48.5 Å². The van der Waals surface area contributed by atoms with Gasteiger partial charge in [-0.25, -0.2) is 0 Å². The van der Waals surface area contributed by atoms with Gasteiger partial charge in [-0.3, -0.25) is 4.79 Å². The zero-order valence-electron chi connectivity index (χ0n) is 14.8. The van der Waals surface area contributed by atoms with E-state index in [1.165, 1.54) is 5.56 Å². The first-order valence-electron chi connectivity index (χ1n) is 8.98. The van der Waals surface area contributed by atoms with Gasteiger partial charge >= 0.3 is 0 Å². The number of carbonyl (C=O) groups is 1. The second-order valence-electron chi connectivity index (χ2n) is 6.78. The Bertz CT molecular complexity index is 744. The second-order valence-corrected chi connectivity index (χ2v) is 6.78. The van der Waals surface area contributed by atoms with Gasteiger partial charge in [0.25, 0.3) is 0 Å². The minimum absolute atomic E-state index is 0.0123. The van der Waals surface area contributed by atoms with E-state index in [-0.39, 0.29) is 18.0 Å².